The fourth-order valence-corrected chi connectivity index (χ4v) is 7.09. The minimum absolute atomic E-state index is 0.0226. The summed E-state index contributed by atoms with van der Waals surface area (Å²) in [6, 6.07) is 48.2. The Bertz CT molecular complexity index is 1890. The van der Waals surface area contributed by atoms with Gasteiger partial charge in [-0.05, 0) is 72.2 Å². The summed E-state index contributed by atoms with van der Waals surface area (Å²) >= 11 is 0. The number of rotatable bonds is 7. The molecule has 0 atom stereocenters. The fourth-order valence-electron chi connectivity index (χ4n) is 7.09. The molecule has 7 rings (SSSR count). The highest BCUT2D eigenvalue weighted by Gasteiger charge is 2.35. The van der Waals surface area contributed by atoms with Crippen molar-refractivity contribution in [3.63, 3.8) is 0 Å². The first-order valence-corrected chi connectivity index (χ1v) is 17.6. The number of aryl methyl sites for hydroxylation is 1. The Kier molecular flexibility index (Phi) is 10.4. The molecule has 0 amide bonds. The summed E-state index contributed by atoms with van der Waals surface area (Å²) in [4.78, 5) is 10.0. The van der Waals surface area contributed by atoms with Crippen LogP contribution < -0.4 is 0 Å². The van der Waals surface area contributed by atoms with Crippen LogP contribution in [-0.2, 0) is 5.41 Å². The Morgan fingerprint density at radius 3 is 1.58 bits per heavy atom. The third kappa shape index (κ3) is 6.94. The summed E-state index contributed by atoms with van der Waals surface area (Å²) in [5.41, 5.74) is 13.1. The van der Waals surface area contributed by atoms with Crippen LogP contribution in [0.4, 0.5) is 0 Å². The minimum atomic E-state index is 0.0226. The van der Waals surface area contributed by atoms with Gasteiger partial charge in [0.2, 0.25) is 0 Å². The normalized spacial score (nSPS) is 13.9. The molecule has 2 heteroatoms. The van der Waals surface area contributed by atoms with Gasteiger partial charge in [-0.1, -0.05) is 167 Å². The van der Waals surface area contributed by atoms with Crippen molar-refractivity contribution < 1.29 is 0 Å². The van der Waals surface area contributed by atoms with Crippen molar-refractivity contribution >= 4 is 6.08 Å². The lowest BCUT2D eigenvalue weighted by molar-refractivity contribution is 0.346. The van der Waals surface area contributed by atoms with Gasteiger partial charge in [-0.2, -0.15) is 0 Å². The van der Waals surface area contributed by atoms with Crippen LogP contribution in [0.5, 0.6) is 0 Å². The zero-order valence-electron chi connectivity index (χ0n) is 28.8. The maximum Gasteiger partial charge on any atom is 0.160 e. The van der Waals surface area contributed by atoms with E-state index in [-0.39, 0.29) is 5.41 Å². The third-order valence-electron chi connectivity index (χ3n) is 9.66. The van der Waals surface area contributed by atoms with Crippen molar-refractivity contribution in [1.82, 2.24) is 9.97 Å². The molecule has 48 heavy (non-hydrogen) atoms. The average Bonchev–Trinajstić information content (AvgIpc) is 3.17. The van der Waals surface area contributed by atoms with Crippen LogP contribution in [0.25, 0.3) is 51.1 Å². The first-order chi connectivity index (χ1) is 23.6. The highest BCUT2D eigenvalue weighted by molar-refractivity contribution is 5.72. The number of benzene rings is 5. The van der Waals surface area contributed by atoms with E-state index in [1.165, 1.54) is 65.5 Å². The van der Waals surface area contributed by atoms with Crippen LogP contribution in [0.15, 0.2) is 140 Å². The Balaban J connectivity index is 0.00000197. The molecule has 0 N–H and O–H groups in total. The first kappa shape index (κ1) is 32.8. The molecule has 0 bridgehead atoms. The molecule has 0 aliphatic heterocycles. The van der Waals surface area contributed by atoms with Crippen LogP contribution in [-0.4, -0.2) is 9.97 Å². The van der Waals surface area contributed by atoms with Crippen molar-refractivity contribution in [3.8, 4) is 45.0 Å². The standard InChI is InChI=1S/C44H40N2.C2H6/c1-3-13-37-30-38(19-18-32(37)2)33-20-24-39(25-21-33)44(28-11-6-12-29-44)40-26-22-35(23-27-40)42-31-41(34-14-7-4-8-15-34)45-43(46-42)36-16-9-5-10-17-36;1-2/h3-5,7-10,13-27,30-31H,6,11-12,28-29H2,1-2H3;1-2H3/b13-3-;. The van der Waals surface area contributed by atoms with Gasteiger partial charge in [-0.3, -0.25) is 0 Å². The molecular weight excluding hydrogens is 581 g/mol. The van der Waals surface area contributed by atoms with Gasteiger partial charge >= 0.3 is 0 Å². The van der Waals surface area contributed by atoms with Crippen molar-refractivity contribution in [1.29, 1.82) is 0 Å². The lowest BCUT2D eigenvalue weighted by Gasteiger charge is -2.39. The minimum Gasteiger partial charge on any atom is -0.228 e. The fraction of sp³-hybridized carbons (Fsp3) is 0.217. The van der Waals surface area contributed by atoms with Gasteiger partial charge in [0.15, 0.2) is 5.82 Å². The highest BCUT2D eigenvalue weighted by atomic mass is 14.9. The number of nitrogens with zero attached hydrogens (tertiary/aromatic N) is 2. The quantitative estimate of drug-likeness (QED) is 0.176. The van der Waals surface area contributed by atoms with Crippen LogP contribution in [0, 0.1) is 6.92 Å². The van der Waals surface area contributed by atoms with Gasteiger partial charge in [0.05, 0.1) is 11.4 Å². The molecule has 1 aromatic heterocycles. The van der Waals surface area contributed by atoms with E-state index in [4.69, 9.17) is 9.97 Å². The van der Waals surface area contributed by atoms with E-state index in [0.717, 1.165) is 33.9 Å². The summed E-state index contributed by atoms with van der Waals surface area (Å²) < 4.78 is 0. The second-order valence-electron chi connectivity index (χ2n) is 12.6. The lowest BCUT2D eigenvalue weighted by atomic mass is 9.65. The summed E-state index contributed by atoms with van der Waals surface area (Å²) in [5.74, 6) is 0.747. The predicted octanol–water partition coefficient (Wildman–Crippen LogP) is 12.8. The molecule has 0 unspecified atom stereocenters. The topological polar surface area (TPSA) is 25.8 Å². The summed E-state index contributed by atoms with van der Waals surface area (Å²) in [6.07, 6.45) is 10.5. The van der Waals surface area contributed by atoms with Gasteiger partial charge in [0.25, 0.3) is 0 Å². The van der Waals surface area contributed by atoms with Crippen molar-refractivity contribution in [3.05, 3.63) is 162 Å². The molecule has 5 aromatic carbocycles. The maximum absolute atomic E-state index is 5.06. The molecule has 0 spiro atoms. The Morgan fingerprint density at radius 2 is 1.02 bits per heavy atom. The number of allylic oxidation sites excluding steroid dienone is 1. The largest absolute Gasteiger partial charge is 0.228 e. The van der Waals surface area contributed by atoms with E-state index in [2.05, 4.69) is 135 Å². The molecule has 6 aromatic rings. The summed E-state index contributed by atoms with van der Waals surface area (Å²) in [6.45, 7) is 8.25. The van der Waals surface area contributed by atoms with E-state index in [1.807, 2.05) is 38.1 Å². The Labute approximate surface area is 287 Å². The number of aromatic nitrogens is 2. The van der Waals surface area contributed by atoms with Crippen molar-refractivity contribution in [2.45, 2.75) is 65.2 Å². The van der Waals surface area contributed by atoms with E-state index >= 15 is 0 Å². The van der Waals surface area contributed by atoms with Crippen molar-refractivity contribution in [2.24, 2.45) is 0 Å². The zero-order valence-corrected chi connectivity index (χ0v) is 28.8. The first-order valence-electron chi connectivity index (χ1n) is 17.6. The Hall–Kier alpha value is -5.08. The second kappa shape index (κ2) is 15.2. The smallest absolute Gasteiger partial charge is 0.160 e. The molecule has 1 heterocycles. The Morgan fingerprint density at radius 1 is 0.521 bits per heavy atom. The zero-order chi connectivity index (χ0) is 33.3. The molecule has 1 aliphatic rings. The molecule has 240 valence electrons. The van der Waals surface area contributed by atoms with Gasteiger partial charge in [0, 0.05) is 22.1 Å². The molecule has 0 radical (unpaired) electrons. The number of hydrogen-bond acceptors (Lipinski definition) is 2. The van der Waals surface area contributed by atoms with Crippen LogP contribution in [0.3, 0.4) is 0 Å². The van der Waals surface area contributed by atoms with Gasteiger partial charge < -0.3 is 0 Å². The molecule has 2 nitrogen and oxygen atoms in total. The molecule has 1 aliphatic carbocycles. The molecule has 0 saturated heterocycles. The third-order valence-corrected chi connectivity index (χ3v) is 9.66. The molecular formula is C46H46N2. The van der Waals surface area contributed by atoms with E-state index in [9.17, 15) is 0 Å². The van der Waals surface area contributed by atoms with E-state index in [0.29, 0.717) is 0 Å². The van der Waals surface area contributed by atoms with Gasteiger partial charge in [-0.25, -0.2) is 9.97 Å². The molecule has 1 fully saturated rings. The summed E-state index contributed by atoms with van der Waals surface area (Å²) in [7, 11) is 0. The van der Waals surface area contributed by atoms with E-state index in [1.54, 1.807) is 0 Å². The lowest BCUT2D eigenvalue weighted by Crippen LogP contribution is -2.30. The highest BCUT2D eigenvalue weighted by Crippen LogP contribution is 2.46. The second-order valence-corrected chi connectivity index (χ2v) is 12.6. The summed E-state index contributed by atoms with van der Waals surface area (Å²) in [5, 5.41) is 0. The van der Waals surface area contributed by atoms with E-state index < -0.39 is 0 Å². The number of hydrogen-bond donors (Lipinski definition) is 0. The van der Waals surface area contributed by atoms with Crippen LogP contribution >= 0.6 is 0 Å². The maximum atomic E-state index is 5.06. The monoisotopic (exact) mass is 626 g/mol. The SMILES string of the molecule is C/C=C\c1cc(-c2ccc(C3(c4ccc(-c5cc(-c6ccccc6)nc(-c6ccccc6)n5)cc4)CCCCC3)cc2)ccc1C.CC. The van der Waals surface area contributed by atoms with Gasteiger partial charge in [-0.15, -0.1) is 0 Å². The predicted molar refractivity (Wildman–Crippen MR) is 205 cm³/mol. The average molecular weight is 627 g/mol. The molecule has 1 saturated carbocycles. The van der Waals surface area contributed by atoms with Crippen molar-refractivity contribution in [2.75, 3.05) is 0 Å². The van der Waals surface area contributed by atoms with Crippen LogP contribution in [0.2, 0.25) is 0 Å². The van der Waals surface area contributed by atoms with Gasteiger partial charge in [0.1, 0.15) is 0 Å². The van der Waals surface area contributed by atoms with Crippen LogP contribution in [0.1, 0.15) is 75.1 Å².